The van der Waals surface area contributed by atoms with E-state index in [2.05, 4.69) is 15.6 Å². The van der Waals surface area contributed by atoms with Crippen molar-refractivity contribution in [3.8, 4) is 0 Å². The minimum Gasteiger partial charge on any atom is -0.481 e. The van der Waals surface area contributed by atoms with Crippen LogP contribution in [0.15, 0.2) is 5.38 Å². The zero-order chi connectivity index (χ0) is 13.2. The van der Waals surface area contributed by atoms with Crippen LogP contribution in [0, 0.1) is 12.3 Å². The third-order valence-electron chi connectivity index (χ3n) is 2.96. The molecule has 0 atom stereocenters. The van der Waals surface area contributed by atoms with E-state index in [1.54, 1.807) is 0 Å². The van der Waals surface area contributed by atoms with Crippen molar-refractivity contribution in [1.29, 1.82) is 0 Å². The molecule has 1 aliphatic rings. The normalized spacial score (nSPS) is 16.1. The van der Waals surface area contributed by atoms with Gasteiger partial charge in [0, 0.05) is 17.6 Å². The summed E-state index contributed by atoms with van der Waals surface area (Å²) in [7, 11) is 0. The van der Waals surface area contributed by atoms with Crippen molar-refractivity contribution in [3.05, 3.63) is 16.1 Å². The molecule has 1 aliphatic carbocycles. The number of nitrogens with one attached hydrogen (secondary N) is 2. The van der Waals surface area contributed by atoms with Gasteiger partial charge in [-0.3, -0.25) is 4.79 Å². The number of aryl methyl sites for hydroxylation is 1. The summed E-state index contributed by atoms with van der Waals surface area (Å²) in [6.45, 7) is 2.44. The van der Waals surface area contributed by atoms with Crippen LogP contribution in [-0.4, -0.2) is 28.6 Å². The molecule has 1 heterocycles. The van der Waals surface area contributed by atoms with Gasteiger partial charge in [0.1, 0.15) is 5.01 Å². The molecule has 98 valence electrons. The Kier molecular flexibility index (Phi) is 3.51. The number of carbonyl (C=O) groups excluding carboxylic acids is 1. The maximum atomic E-state index is 11.5. The molecule has 0 aliphatic heterocycles. The number of carboxylic acids is 1. The van der Waals surface area contributed by atoms with Crippen LogP contribution < -0.4 is 10.6 Å². The maximum Gasteiger partial charge on any atom is 0.315 e. The summed E-state index contributed by atoms with van der Waals surface area (Å²) in [5.41, 5.74) is 0.203. The molecule has 0 bridgehead atoms. The van der Waals surface area contributed by atoms with Crippen LogP contribution in [0.25, 0.3) is 0 Å². The number of carbonyl (C=O) groups is 2. The number of hydrogen-bond acceptors (Lipinski definition) is 4. The number of nitrogens with zero attached hydrogens (tertiary/aromatic N) is 1. The van der Waals surface area contributed by atoms with Gasteiger partial charge < -0.3 is 15.7 Å². The number of hydrogen-bond donors (Lipinski definition) is 3. The van der Waals surface area contributed by atoms with Crippen LogP contribution in [0.5, 0.6) is 0 Å². The molecule has 0 spiro atoms. The number of aliphatic carboxylic acids is 1. The average molecular weight is 269 g/mol. The molecule has 2 amide bonds. The minimum absolute atomic E-state index is 0.186. The molecule has 18 heavy (non-hydrogen) atoms. The van der Waals surface area contributed by atoms with Gasteiger partial charge in [-0.25, -0.2) is 9.78 Å². The van der Waals surface area contributed by atoms with Gasteiger partial charge in [-0.05, 0) is 19.8 Å². The Balaban J connectivity index is 1.71. The van der Waals surface area contributed by atoms with Gasteiger partial charge in [-0.1, -0.05) is 0 Å². The smallest absolute Gasteiger partial charge is 0.315 e. The number of urea groups is 1. The topological polar surface area (TPSA) is 91.3 Å². The molecule has 1 saturated carbocycles. The molecule has 6 nitrogen and oxygen atoms in total. The highest BCUT2D eigenvalue weighted by molar-refractivity contribution is 7.09. The predicted molar refractivity (Wildman–Crippen MR) is 66.4 cm³/mol. The summed E-state index contributed by atoms with van der Waals surface area (Å²) in [5, 5.41) is 16.9. The van der Waals surface area contributed by atoms with E-state index in [4.69, 9.17) is 5.11 Å². The standard InChI is InChI=1S/C11H15N3O3S/c1-7-5-18-8(14-7)4-12-10(17)13-6-11(2-3-11)9(15)16/h5H,2-4,6H2,1H3,(H,15,16)(H2,12,13,17). The summed E-state index contributed by atoms with van der Waals surface area (Å²) in [6, 6.07) is -0.352. The zero-order valence-electron chi connectivity index (χ0n) is 10.0. The third-order valence-corrected chi connectivity index (χ3v) is 3.93. The second-order valence-corrected chi connectivity index (χ2v) is 5.45. The van der Waals surface area contributed by atoms with Gasteiger partial charge in [0.05, 0.1) is 12.0 Å². The Morgan fingerprint density at radius 1 is 1.50 bits per heavy atom. The van der Waals surface area contributed by atoms with Gasteiger partial charge in [0.15, 0.2) is 0 Å². The molecule has 3 N–H and O–H groups in total. The Morgan fingerprint density at radius 3 is 2.72 bits per heavy atom. The van der Waals surface area contributed by atoms with Crippen LogP contribution in [0.1, 0.15) is 23.5 Å². The third kappa shape index (κ3) is 2.98. The monoisotopic (exact) mass is 269 g/mol. The Labute approximate surface area is 108 Å². The second kappa shape index (κ2) is 4.93. The number of aromatic nitrogens is 1. The van der Waals surface area contributed by atoms with Crippen LogP contribution in [0.3, 0.4) is 0 Å². The van der Waals surface area contributed by atoms with Gasteiger partial charge in [-0.15, -0.1) is 11.3 Å². The van der Waals surface area contributed by atoms with E-state index >= 15 is 0 Å². The molecular weight excluding hydrogens is 254 g/mol. The SMILES string of the molecule is Cc1csc(CNC(=O)NCC2(C(=O)O)CC2)n1. The van der Waals surface area contributed by atoms with Gasteiger partial charge in [-0.2, -0.15) is 0 Å². The summed E-state index contributed by atoms with van der Waals surface area (Å²) in [5.74, 6) is -0.835. The Hall–Kier alpha value is -1.63. The summed E-state index contributed by atoms with van der Waals surface area (Å²) in [6.07, 6.45) is 1.27. The molecule has 1 fully saturated rings. The number of carboxylic acid groups (broad SMARTS) is 1. The molecule has 0 radical (unpaired) electrons. The van der Waals surface area contributed by atoms with E-state index in [1.165, 1.54) is 11.3 Å². The number of rotatable bonds is 5. The van der Waals surface area contributed by atoms with Crippen molar-refractivity contribution in [2.45, 2.75) is 26.3 Å². The highest BCUT2D eigenvalue weighted by atomic mass is 32.1. The predicted octanol–water partition coefficient (Wildman–Crippen LogP) is 1.12. The van der Waals surface area contributed by atoms with E-state index in [0.29, 0.717) is 19.4 Å². The van der Waals surface area contributed by atoms with Gasteiger partial charge in [0.2, 0.25) is 0 Å². The largest absolute Gasteiger partial charge is 0.481 e. The van der Waals surface area contributed by atoms with Crippen LogP contribution in [0.4, 0.5) is 4.79 Å². The van der Waals surface area contributed by atoms with Crippen molar-refractivity contribution in [3.63, 3.8) is 0 Å². The average Bonchev–Trinajstić information content (AvgIpc) is 3.02. The highest BCUT2D eigenvalue weighted by Crippen LogP contribution is 2.45. The first-order valence-corrected chi connectivity index (χ1v) is 6.56. The van der Waals surface area contributed by atoms with Crippen LogP contribution >= 0.6 is 11.3 Å². The lowest BCUT2D eigenvalue weighted by Crippen LogP contribution is -2.40. The van der Waals surface area contributed by atoms with Crippen molar-refractivity contribution >= 4 is 23.3 Å². The Morgan fingerprint density at radius 2 is 2.22 bits per heavy atom. The van der Waals surface area contributed by atoms with E-state index < -0.39 is 11.4 Å². The lowest BCUT2D eigenvalue weighted by molar-refractivity contribution is -0.143. The molecule has 1 aromatic heterocycles. The summed E-state index contributed by atoms with van der Waals surface area (Å²) < 4.78 is 0. The lowest BCUT2D eigenvalue weighted by atomic mass is 10.1. The first kappa shape index (κ1) is 12.8. The highest BCUT2D eigenvalue weighted by Gasteiger charge is 2.50. The minimum atomic E-state index is -0.835. The van der Waals surface area contributed by atoms with E-state index in [9.17, 15) is 9.59 Å². The Bertz CT molecular complexity index is 468. The van der Waals surface area contributed by atoms with E-state index in [1.807, 2.05) is 12.3 Å². The molecule has 7 heteroatoms. The lowest BCUT2D eigenvalue weighted by Gasteiger charge is -2.11. The molecule has 2 rings (SSSR count). The summed E-state index contributed by atoms with van der Waals surface area (Å²) in [4.78, 5) is 26.6. The van der Waals surface area contributed by atoms with Gasteiger partial charge in [0.25, 0.3) is 0 Å². The molecular formula is C11H15N3O3S. The first-order chi connectivity index (χ1) is 8.52. The fourth-order valence-corrected chi connectivity index (χ4v) is 2.28. The zero-order valence-corrected chi connectivity index (χ0v) is 10.8. The molecule has 0 aromatic carbocycles. The molecule has 1 aromatic rings. The fraction of sp³-hybridized carbons (Fsp3) is 0.545. The van der Waals surface area contributed by atoms with Crippen molar-refractivity contribution in [1.82, 2.24) is 15.6 Å². The first-order valence-electron chi connectivity index (χ1n) is 5.68. The number of amides is 2. The quantitative estimate of drug-likeness (QED) is 0.747. The van der Waals surface area contributed by atoms with Crippen molar-refractivity contribution in [2.75, 3.05) is 6.54 Å². The van der Waals surface area contributed by atoms with Crippen molar-refractivity contribution in [2.24, 2.45) is 5.41 Å². The second-order valence-electron chi connectivity index (χ2n) is 4.50. The van der Waals surface area contributed by atoms with E-state index in [-0.39, 0.29) is 12.6 Å². The summed E-state index contributed by atoms with van der Waals surface area (Å²) >= 11 is 1.48. The fourth-order valence-electron chi connectivity index (χ4n) is 1.57. The van der Waals surface area contributed by atoms with Crippen LogP contribution in [0.2, 0.25) is 0 Å². The number of thiazole rings is 1. The maximum absolute atomic E-state index is 11.5. The van der Waals surface area contributed by atoms with Crippen LogP contribution in [-0.2, 0) is 11.3 Å². The van der Waals surface area contributed by atoms with Crippen molar-refractivity contribution < 1.29 is 14.7 Å². The van der Waals surface area contributed by atoms with Gasteiger partial charge >= 0.3 is 12.0 Å². The van der Waals surface area contributed by atoms with E-state index in [0.717, 1.165) is 10.7 Å². The molecule has 0 unspecified atom stereocenters. The molecule has 0 saturated heterocycles.